The van der Waals surface area contributed by atoms with Gasteiger partial charge in [-0.15, -0.1) is 0 Å². The Hall–Kier alpha value is -1.89. The van der Waals surface area contributed by atoms with Crippen LogP contribution in [0, 0.1) is 11.8 Å². The highest BCUT2D eigenvalue weighted by Gasteiger charge is 2.51. The summed E-state index contributed by atoms with van der Waals surface area (Å²) in [6, 6.07) is 7.00. The Morgan fingerprint density at radius 1 is 1.11 bits per heavy atom. The fraction of sp³-hybridized carbons (Fsp3) is 0.645. The molecule has 1 aromatic heterocycles. The number of aromatic nitrogens is 1. The fourth-order valence-corrected chi connectivity index (χ4v) is 13.6. The minimum atomic E-state index is -2.04. The molecule has 204 valence electrons. The Kier molecular flexibility index (Phi) is 7.86. The second-order valence-electron chi connectivity index (χ2n) is 12.5. The van der Waals surface area contributed by atoms with E-state index in [-0.39, 0.29) is 23.7 Å². The van der Waals surface area contributed by atoms with Crippen molar-refractivity contribution in [1.82, 2.24) is 9.47 Å². The van der Waals surface area contributed by atoms with Gasteiger partial charge in [0.15, 0.2) is 14.1 Å². The maximum absolute atomic E-state index is 12.7. The van der Waals surface area contributed by atoms with Gasteiger partial charge in [0.25, 0.3) is 0 Å². The van der Waals surface area contributed by atoms with Crippen molar-refractivity contribution >= 4 is 25.0 Å². The molecular weight excluding hydrogens is 476 g/mol. The van der Waals surface area contributed by atoms with Gasteiger partial charge >= 0.3 is 0 Å². The van der Waals surface area contributed by atoms with Crippen molar-refractivity contribution in [2.24, 2.45) is 18.9 Å². The number of aryl methyl sites for hydroxylation is 1. The minimum absolute atomic E-state index is 0.111. The molecule has 0 saturated carbocycles. The number of nitrogens with zero attached hydrogens (tertiary/aromatic N) is 2. The minimum Gasteiger partial charge on any atom is -0.497 e. The molecule has 4 atom stereocenters. The molecule has 6 heteroatoms. The molecule has 1 fully saturated rings. The molecule has 1 aromatic carbocycles. The molecule has 4 rings (SSSR count). The third-order valence-corrected chi connectivity index (χ3v) is 16.0. The number of ketones is 1. The van der Waals surface area contributed by atoms with Gasteiger partial charge < -0.3 is 13.7 Å². The topological polar surface area (TPSA) is 43.7 Å². The van der Waals surface area contributed by atoms with Crippen LogP contribution in [0.4, 0.5) is 0 Å². The van der Waals surface area contributed by atoms with Crippen LogP contribution in [0.2, 0.25) is 16.6 Å². The molecular formula is C31H48N2O3Si. The van der Waals surface area contributed by atoms with E-state index in [2.05, 4.69) is 89.9 Å². The van der Waals surface area contributed by atoms with Crippen molar-refractivity contribution in [1.29, 1.82) is 0 Å². The zero-order chi connectivity index (χ0) is 27.4. The average Bonchev–Trinajstić information content (AvgIpc) is 3.10. The van der Waals surface area contributed by atoms with Crippen molar-refractivity contribution in [2.75, 3.05) is 20.8 Å². The highest BCUT2D eigenvalue weighted by molar-refractivity contribution is 6.77. The smallest absolute Gasteiger partial charge is 0.200 e. The van der Waals surface area contributed by atoms with Crippen LogP contribution in [0.3, 0.4) is 0 Å². The number of methoxy groups -OCH3 is 1. The normalized spacial score (nSPS) is 24.2. The molecule has 0 N–H and O–H groups in total. The van der Waals surface area contributed by atoms with Crippen LogP contribution in [-0.4, -0.2) is 50.4 Å². The number of Topliss-reactive ketones (excluding diaryl/α,β-unsaturated/α-hetero) is 1. The van der Waals surface area contributed by atoms with Crippen molar-refractivity contribution < 1.29 is 14.0 Å². The number of likely N-dealkylation sites (N-methyl/N-ethyl adjacent to an activating group) is 1. The van der Waals surface area contributed by atoms with Gasteiger partial charge in [0.1, 0.15) is 5.75 Å². The van der Waals surface area contributed by atoms with Gasteiger partial charge in [0.05, 0.1) is 18.7 Å². The summed E-state index contributed by atoms with van der Waals surface area (Å²) in [5, 5.41) is 1.32. The van der Waals surface area contributed by atoms with Gasteiger partial charge in [-0.05, 0) is 72.6 Å². The van der Waals surface area contributed by atoms with Gasteiger partial charge in [0.2, 0.25) is 0 Å². The van der Waals surface area contributed by atoms with E-state index < -0.39 is 8.32 Å². The van der Waals surface area contributed by atoms with E-state index in [1.807, 2.05) is 0 Å². The second-order valence-corrected chi connectivity index (χ2v) is 17.9. The summed E-state index contributed by atoms with van der Waals surface area (Å²) < 4.78 is 15.1. The number of fused-ring (bicyclic) bond motifs is 6. The van der Waals surface area contributed by atoms with Crippen molar-refractivity contribution in [2.45, 2.75) is 90.0 Å². The first-order valence-electron chi connectivity index (χ1n) is 14.1. The molecule has 3 heterocycles. The van der Waals surface area contributed by atoms with Gasteiger partial charge in [-0.3, -0.25) is 9.69 Å². The number of carbonyl (C=O) groups excluding carboxylic acids is 1. The van der Waals surface area contributed by atoms with Gasteiger partial charge in [0, 0.05) is 42.8 Å². The van der Waals surface area contributed by atoms with E-state index in [4.69, 9.17) is 9.16 Å². The Bertz CT molecular complexity index is 1160. The fourth-order valence-electron chi connectivity index (χ4n) is 8.10. The number of ether oxygens (including phenoxy) is 1. The Balaban J connectivity index is 1.79. The second kappa shape index (κ2) is 10.3. The van der Waals surface area contributed by atoms with E-state index in [1.54, 1.807) is 14.0 Å². The number of benzene rings is 1. The van der Waals surface area contributed by atoms with Gasteiger partial charge in [-0.1, -0.05) is 48.1 Å². The van der Waals surface area contributed by atoms with E-state index in [0.717, 1.165) is 24.2 Å². The summed E-state index contributed by atoms with van der Waals surface area (Å²) in [5.74, 6) is 1.36. The van der Waals surface area contributed by atoms with E-state index in [0.29, 0.717) is 29.3 Å². The number of rotatable bonds is 9. The van der Waals surface area contributed by atoms with Crippen molar-refractivity contribution in [3.8, 4) is 5.75 Å². The number of hydrogen-bond donors (Lipinski definition) is 0. The van der Waals surface area contributed by atoms with Crippen molar-refractivity contribution in [3.05, 3.63) is 41.6 Å². The molecule has 1 saturated heterocycles. The van der Waals surface area contributed by atoms with Crippen LogP contribution in [0.5, 0.6) is 5.75 Å². The SMILES string of the molecule is C=C(C(C)=O)[C@@H]1C[C@H]2c3c(c4ccc(OC)cc4n3C)C[C@@H]([C@@H]1CO[Si](C(C)C)(C(C)C)C(C)C)N2C. The lowest BCUT2D eigenvalue weighted by Crippen LogP contribution is -2.57. The number of allylic oxidation sites excluding steroid dienone is 1. The maximum Gasteiger partial charge on any atom is 0.200 e. The lowest BCUT2D eigenvalue weighted by atomic mass is 9.68. The lowest BCUT2D eigenvalue weighted by Gasteiger charge is -2.53. The monoisotopic (exact) mass is 524 g/mol. The predicted octanol–water partition coefficient (Wildman–Crippen LogP) is 7.06. The Labute approximate surface area is 225 Å². The molecule has 2 aliphatic heterocycles. The predicted molar refractivity (Wildman–Crippen MR) is 156 cm³/mol. The van der Waals surface area contributed by atoms with Crippen LogP contribution in [0.15, 0.2) is 30.4 Å². The molecule has 0 unspecified atom stereocenters. The zero-order valence-corrected chi connectivity index (χ0v) is 25.7. The summed E-state index contributed by atoms with van der Waals surface area (Å²) in [6.45, 7) is 20.8. The summed E-state index contributed by atoms with van der Waals surface area (Å²) in [5.41, 5.74) is 6.40. The molecule has 0 radical (unpaired) electrons. The largest absolute Gasteiger partial charge is 0.497 e. The van der Waals surface area contributed by atoms with Crippen LogP contribution in [-0.2, 0) is 22.7 Å². The molecule has 2 bridgehead atoms. The first-order valence-corrected chi connectivity index (χ1v) is 16.2. The molecule has 0 aliphatic carbocycles. The molecule has 5 nitrogen and oxygen atoms in total. The Morgan fingerprint density at radius 2 is 1.73 bits per heavy atom. The zero-order valence-electron chi connectivity index (χ0n) is 24.7. The average molecular weight is 525 g/mol. The summed E-state index contributed by atoms with van der Waals surface area (Å²) >= 11 is 0. The van der Waals surface area contributed by atoms with Crippen LogP contribution >= 0.6 is 0 Å². The van der Waals surface area contributed by atoms with Crippen molar-refractivity contribution in [3.63, 3.8) is 0 Å². The molecule has 2 aromatic rings. The maximum atomic E-state index is 12.7. The quantitative estimate of drug-likeness (QED) is 0.260. The standard InChI is InChI=1S/C31H48N2O3Si/c1-18(2)37(19(3)4,20(5)6)36-17-27-25(21(7)22(8)34)15-30-31-26(16-29(27)32(30)9)24-13-12-23(35-11)14-28(24)33(31)10/h12-14,18-20,25,27,29-30H,7,15-17H2,1-6,8-11H3/t25-,27+,29-,30-/m0/s1. The summed E-state index contributed by atoms with van der Waals surface area (Å²) in [7, 11) is 4.13. The highest BCUT2D eigenvalue weighted by Crippen LogP contribution is 2.51. The molecule has 0 spiro atoms. The van der Waals surface area contributed by atoms with E-state index in [9.17, 15) is 4.79 Å². The molecule has 2 aliphatic rings. The third-order valence-electron chi connectivity index (χ3n) is 9.93. The molecule has 37 heavy (non-hydrogen) atoms. The van der Waals surface area contributed by atoms with E-state index >= 15 is 0 Å². The van der Waals surface area contributed by atoms with E-state index in [1.165, 1.54) is 22.2 Å². The van der Waals surface area contributed by atoms with Gasteiger partial charge in [-0.25, -0.2) is 0 Å². The third kappa shape index (κ3) is 4.43. The van der Waals surface area contributed by atoms with Crippen LogP contribution in [0.25, 0.3) is 10.9 Å². The molecule has 0 amide bonds. The van der Waals surface area contributed by atoms with Crippen LogP contribution in [0.1, 0.15) is 72.2 Å². The van der Waals surface area contributed by atoms with Gasteiger partial charge in [-0.2, -0.15) is 0 Å². The summed E-state index contributed by atoms with van der Waals surface area (Å²) in [4.78, 5) is 15.2. The number of carbonyl (C=O) groups is 1. The number of piperidine rings is 1. The number of hydrogen-bond acceptors (Lipinski definition) is 4. The first kappa shape index (κ1) is 28.1. The lowest BCUT2D eigenvalue weighted by molar-refractivity contribution is -0.115. The highest BCUT2D eigenvalue weighted by atomic mass is 28.4. The summed E-state index contributed by atoms with van der Waals surface area (Å²) in [6.07, 6.45) is 1.86. The van der Waals surface area contributed by atoms with Crippen LogP contribution < -0.4 is 4.74 Å². The first-order chi connectivity index (χ1) is 17.4. The Morgan fingerprint density at radius 3 is 2.27 bits per heavy atom.